The minimum absolute atomic E-state index is 0.119. The second-order valence-electron chi connectivity index (χ2n) is 8.63. The molecule has 1 N–H and O–H groups in total. The van der Waals surface area contributed by atoms with Crippen molar-refractivity contribution < 1.29 is 56.7 Å². The van der Waals surface area contributed by atoms with Gasteiger partial charge in [0, 0.05) is 21.8 Å². The van der Waals surface area contributed by atoms with Crippen LogP contribution < -0.4 is 5.32 Å². The van der Waals surface area contributed by atoms with Gasteiger partial charge in [-0.2, -0.15) is 13.2 Å². The molecule has 2 unspecified atom stereocenters. The lowest BCUT2D eigenvalue weighted by molar-refractivity contribution is -0.141. The van der Waals surface area contributed by atoms with Gasteiger partial charge in [0.15, 0.2) is 8.32 Å². The number of pyridine rings is 1. The molecule has 1 heterocycles. The molecular weight excluding hydrogens is 507 g/mol. The quantitative estimate of drug-likeness (QED) is 0.295. The molecule has 0 saturated heterocycles. The van der Waals surface area contributed by atoms with Crippen molar-refractivity contribution in [1.82, 2.24) is 15.2 Å². The maximum atomic E-state index is 14.8. The molecule has 1 aromatic heterocycles. The number of halogens is 3. The largest absolute Gasteiger partial charge is 0.433 e. The smallest absolute Gasteiger partial charge is 0.415 e. The van der Waals surface area contributed by atoms with E-state index in [9.17, 15) is 22.1 Å². The first kappa shape index (κ1) is 10.7. The van der Waals surface area contributed by atoms with E-state index < -0.39 is 158 Å². The predicted octanol–water partition coefficient (Wildman–Crippen LogP) is 7.07. The average Bonchev–Trinajstić information content (AvgIpc) is 3.06. The summed E-state index contributed by atoms with van der Waals surface area (Å²) >= 11 is 0. The van der Waals surface area contributed by atoms with Gasteiger partial charge in [-0.25, -0.2) is 4.98 Å². The van der Waals surface area contributed by atoms with Gasteiger partial charge in [-0.3, -0.25) is 9.69 Å². The molecular formula is C29H38F3N3O2Si. The fraction of sp³-hybridized carbons (Fsp3) is 0.448. The van der Waals surface area contributed by atoms with Crippen molar-refractivity contribution in [2.24, 2.45) is 0 Å². The van der Waals surface area contributed by atoms with Gasteiger partial charge in [-0.15, -0.1) is 0 Å². The third kappa shape index (κ3) is 6.27. The second-order valence-corrected chi connectivity index (χ2v) is 11.4. The maximum absolute atomic E-state index is 14.8. The summed E-state index contributed by atoms with van der Waals surface area (Å²) in [5, 5.41) is -2.93. The van der Waals surface area contributed by atoms with Gasteiger partial charge in [0.1, 0.15) is 5.69 Å². The van der Waals surface area contributed by atoms with Crippen molar-refractivity contribution in [3.05, 3.63) is 77.2 Å². The topological polar surface area (TPSA) is 54.5 Å². The van der Waals surface area contributed by atoms with E-state index in [-0.39, 0.29) is 4.90 Å². The maximum Gasteiger partial charge on any atom is 0.433 e. The fourth-order valence-electron chi connectivity index (χ4n) is 2.72. The molecule has 0 aliphatic carbocycles. The Labute approximate surface area is 259 Å². The first-order valence-corrected chi connectivity index (χ1v) is 12.4. The zero-order valence-corrected chi connectivity index (χ0v) is 21.3. The average molecular weight is 571 g/mol. The van der Waals surface area contributed by atoms with E-state index in [1.807, 2.05) is 0 Å². The van der Waals surface area contributed by atoms with Crippen molar-refractivity contribution in [1.29, 1.82) is 0 Å². The molecule has 0 radical (unpaired) electrons. The predicted molar refractivity (Wildman–Crippen MR) is 149 cm³/mol. The Morgan fingerprint density at radius 1 is 1.16 bits per heavy atom. The zero-order chi connectivity index (χ0) is 49.9. The number of hydrogen-bond donors (Lipinski definition) is 1. The molecule has 38 heavy (non-hydrogen) atoms. The number of amides is 1. The summed E-state index contributed by atoms with van der Waals surface area (Å²) in [6, 6.07) is -19.0. The van der Waals surface area contributed by atoms with Gasteiger partial charge < -0.3 is 9.74 Å². The Kier molecular flexibility index (Phi) is 3.03. The lowest BCUT2D eigenvalue weighted by Crippen LogP contribution is -2.58. The Hall–Kier alpha value is -2.75. The molecule has 2 aromatic carbocycles. The molecule has 0 aliphatic heterocycles. The molecule has 3 rings (SSSR count). The van der Waals surface area contributed by atoms with Crippen LogP contribution in [0.5, 0.6) is 0 Å². The van der Waals surface area contributed by atoms with Crippen molar-refractivity contribution in [2.75, 3.05) is 20.7 Å². The molecule has 206 valence electrons. The third-order valence-corrected chi connectivity index (χ3v) is 7.30. The molecule has 0 fully saturated rings. The summed E-state index contributed by atoms with van der Waals surface area (Å²) < 4.78 is 263. The summed E-state index contributed by atoms with van der Waals surface area (Å²) in [6.07, 6.45) is -5.72. The highest BCUT2D eigenvalue weighted by Crippen LogP contribution is 2.39. The number of hydrogen-bond acceptors (Lipinski definition) is 4. The molecule has 5 nitrogen and oxygen atoms in total. The summed E-state index contributed by atoms with van der Waals surface area (Å²) in [4.78, 5) is 18.1. The van der Waals surface area contributed by atoms with Crippen molar-refractivity contribution in [2.45, 2.75) is 63.3 Å². The SMILES string of the molecule is [2H]c1c([2H])c([2H])c(C([2H])(NC(=O)c2c([2H])c(C(F)(F)F)nc3c([2H])c([2H])c([2H])c([2H])c23)C(N(C)C)(C([2H])([2H])[2H])C([2H])([2H])O[Si](C([2H])([2H])[2H])(C([2H])([2H])[2H])C(C)(C)C([2H])([2H])[2H])c([2H])c1[2H]. The highest BCUT2D eigenvalue weighted by atomic mass is 28.4. The van der Waals surface area contributed by atoms with Gasteiger partial charge in [0.25, 0.3) is 5.91 Å². The Bertz CT molecular complexity index is 2300. The van der Waals surface area contributed by atoms with E-state index >= 15 is 0 Å². The minimum Gasteiger partial charge on any atom is -0.415 e. The van der Waals surface area contributed by atoms with E-state index in [1.165, 1.54) is 5.32 Å². The fourth-order valence-corrected chi connectivity index (χ4v) is 3.28. The Morgan fingerprint density at radius 3 is 2.39 bits per heavy atom. The standard InChI is InChI=1S/C29H38F3N3O2Si/c1-27(2,3)38(7,8)37-19-28(4,35(5)6)25(20-14-10-9-11-15-20)34-26(36)22-18-24(29(30,31)32)33-23-17-13-12-16-21(22)23/h9-18,25H,19H2,1-8H3,(H,34,36)/i1D3,4D3,7D3,8D3,9D,10D,11D,12D,13D,14D,15D,16D,17D,18D,19D2,25D. The van der Waals surface area contributed by atoms with Crippen LogP contribution in [-0.2, 0) is 10.6 Å². The molecule has 9 heteroatoms. The number of para-hydroxylation sites is 1. The van der Waals surface area contributed by atoms with E-state index in [0.717, 1.165) is 0 Å². The van der Waals surface area contributed by atoms with Crippen LogP contribution in [0.4, 0.5) is 13.2 Å². The number of likely N-dealkylation sites (N-methyl/N-ethyl adjacent to an activating group) is 1. The van der Waals surface area contributed by atoms with Crippen molar-refractivity contribution >= 4 is 25.1 Å². The number of carbonyl (C=O) groups excluding carboxylic acids is 1. The first-order chi connectivity index (χ1) is 27.7. The summed E-state index contributed by atoms with van der Waals surface area (Å²) in [5.74, 6) is -2.37. The second kappa shape index (κ2) is 10.8. The number of fused-ring (bicyclic) bond motifs is 1. The van der Waals surface area contributed by atoms with E-state index in [1.54, 1.807) is 0 Å². The van der Waals surface area contributed by atoms with Crippen LogP contribution in [0.2, 0.25) is 18.0 Å². The normalized spacial score (nSPS) is 27.4. The van der Waals surface area contributed by atoms with Crippen LogP contribution >= 0.6 is 0 Å². The number of benzene rings is 2. The minimum atomic E-state index is -6.73. The molecule has 1 amide bonds. The van der Waals surface area contributed by atoms with Crippen LogP contribution in [0.3, 0.4) is 0 Å². The van der Waals surface area contributed by atoms with Crippen LogP contribution in [-0.4, -0.2) is 50.3 Å². The Balaban J connectivity index is 2.88. The van der Waals surface area contributed by atoms with Gasteiger partial charge in [-0.05, 0) is 56.6 Å². The van der Waals surface area contributed by atoms with Crippen LogP contribution in [0, 0.1) is 0 Å². The Morgan fingerprint density at radius 2 is 1.82 bits per heavy atom. The van der Waals surface area contributed by atoms with Crippen LogP contribution in [0.15, 0.2) is 60.4 Å². The van der Waals surface area contributed by atoms with Crippen LogP contribution in [0.25, 0.3) is 10.9 Å². The first-order valence-electron chi connectivity index (χ1n) is 23.0. The van der Waals surface area contributed by atoms with Gasteiger partial charge in [0.05, 0.1) is 47.0 Å². The van der Waals surface area contributed by atoms with Gasteiger partial charge >= 0.3 is 6.18 Å². The number of aromatic nitrogens is 1. The van der Waals surface area contributed by atoms with E-state index in [2.05, 4.69) is 4.98 Å². The number of nitrogens with zero attached hydrogens (tertiary/aromatic N) is 2. The highest BCUT2D eigenvalue weighted by Gasteiger charge is 2.44. The number of nitrogens with one attached hydrogen (secondary N) is 1. The van der Waals surface area contributed by atoms with E-state index in [0.29, 0.717) is 27.9 Å². The van der Waals surface area contributed by atoms with Gasteiger partial charge in [0.2, 0.25) is 0 Å². The zero-order valence-electron chi connectivity index (χ0n) is 45.3. The lowest BCUT2D eigenvalue weighted by atomic mass is 9.86. The highest BCUT2D eigenvalue weighted by molar-refractivity contribution is 6.74. The lowest BCUT2D eigenvalue weighted by Gasteiger charge is -2.46. The number of carbonyl (C=O) groups is 1. The summed E-state index contributed by atoms with van der Waals surface area (Å²) in [5.41, 5.74) is -11.6. The van der Waals surface area contributed by atoms with Crippen LogP contribution in [0.1, 0.15) is 89.5 Å². The molecule has 3 aromatic rings. The van der Waals surface area contributed by atoms with Crippen molar-refractivity contribution in [3.63, 3.8) is 0 Å². The number of rotatable bonds is 8. The molecule has 0 saturated carbocycles. The summed E-state index contributed by atoms with van der Waals surface area (Å²) in [7, 11) is -5.57. The number of alkyl halides is 3. The third-order valence-electron chi connectivity index (χ3n) is 5.13. The van der Waals surface area contributed by atoms with Crippen molar-refractivity contribution in [3.8, 4) is 0 Å². The molecule has 0 spiro atoms. The molecule has 0 bridgehead atoms. The monoisotopic (exact) mass is 570 g/mol. The van der Waals surface area contributed by atoms with Gasteiger partial charge in [-0.1, -0.05) is 69.0 Å². The molecule has 0 aliphatic rings. The molecule has 2 atom stereocenters. The summed E-state index contributed by atoms with van der Waals surface area (Å²) in [6.45, 7) is -20.3. The van der Waals surface area contributed by atoms with E-state index in [4.69, 9.17) is 34.6 Å².